The van der Waals surface area contributed by atoms with Crippen LogP contribution in [0.2, 0.25) is 0 Å². The molecule has 4 heteroatoms. The van der Waals surface area contributed by atoms with Crippen LogP contribution in [0.25, 0.3) is 0 Å². The maximum Gasteiger partial charge on any atom is 0.125 e. The fourth-order valence-electron chi connectivity index (χ4n) is 1.79. The quantitative estimate of drug-likeness (QED) is 0.687. The first kappa shape index (κ1) is 13.2. The Labute approximate surface area is 98.0 Å². The average molecular weight is 225 g/mol. The van der Waals surface area contributed by atoms with Crippen molar-refractivity contribution in [1.29, 1.82) is 0 Å². The normalized spacial score (nSPS) is 12.9. The van der Waals surface area contributed by atoms with Gasteiger partial charge in [0.2, 0.25) is 0 Å². The number of methoxy groups -OCH3 is 1. The van der Waals surface area contributed by atoms with Crippen molar-refractivity contribution in [2.24, 2.45) is 7.05 Å². The van der Waals surface area contributed by atoms with E-state index in [-0.39, 0.29) is 0 Å². The summed E-state index contributed by atoms with van der Waals surface area (Å²) >= 11 is 0. The summed E-state index contributed by atoms with van der Waals surface area (Å²) < 4.78 is 7.17. The molecule has 0 aliphatic heterocycles. The van der Waals surface area contributed by atoms with Crippen molar-refractivity contribution in [1.82, 2.24) is 14.9 Å². The van der Waals surface area contributed by atoms with E-state index in [4.69, 9.17) is 4.74 Å². The molecule has 1 atom stereocenters. The van der Waals surface area contributed by atoms with Crippen molar-refractivity contribution >= 4 is 0 Å². The summed E-state index contributed by atoms with van der Waals surface area (Å²) in [6, 6.07) is 0.343. The van der Waals surface area contributed by atoms with Crippen LogP contribution in [-0.4, -0.2) is 29.8 Å². The number of hydrogen-bond donors (Lipinski definition) is 1. The smallest absolute Gasteiger partial charge is 0.125 e. The Hall–Kier alpha value is -0.870. The Morgan fingerprint density at radius 3 is 2.94 bits per heavy atom. The molecule has 1 unspecified atom stereocenters. The third-order valence-corrected chi connectivity index (χ3v) is 2.65. The summed E-state index contributed by atoms with van der Waals surface area (Å²) in [7, 11) is 3.79. The van der Waals surface area contributed by atoms with Gasteiger partial charge < -0.3 is 14.6 Å². The van der Waals surface area contributed by atoms with Gasteiger partial charge in [0.15, 0.2) is 0 Å². The third-order valence-electron chi connectivity index (χ3n) is 2.65. The largest absolute Gasteiger partial charge is 0.385 e. The molecule has 4 nitrogen and oxygen atoms in total. The minimum atomic E-state index is 0.343. The number of aryl methyl sites for hydroxylation is 1. The molecule has 1 aromatic heterocycles. The highest BCUT2D eigenvalue weighted by molar-refractivity contribution is 4.98. The molecule has 0 spiro atoms. The molecule has 1 rings (SSSR count). The predicted octanol–water partition coefficient (Wildman–Crippen LogP) is 1.89. The van der Waals surface area contributed by atoms with Crippen molar-refractivity contribution in [3.63, 3.8) is 0 Å². The molecule has 0 saturated carbocycles. The third kappa shape index (κ3) is 3.94. The van der Waals surface area contributed by atoms with Gasteiger partial charge in [0.25, 0.3) is 0 Å². The van der Waals surface area contributed by atoms with E-state index in [2.05, 4.69) is 21.8 Å². The van der Waals surface area contributed by atoms with Crippen molar-refractivity contribution in [3.8, 4) is 0 Å². The number of ether oxygens (including phenoxy) is 1. The lowest BCUT2D eigenvalue weighted by Gasteiger charge is -2.18. The molecule has 0 fully saturated rings. The van der Waals surface area contributed by atoms with Gasteiger partial charge in [-0.3, -0.25) is 0 Å². The molecule has 0 aliphatic carbocycles. The summed E-state index contributed by atoms with van der Waals surface area (Å²) in [5.41, 5.74) is 0. The van der Waals surface area contributed by atoms with E-state index in [0.717, 1.165) is 38.2 Å². The first-order chi connectivity index (χ1) is 7.79. The minimum absolute atomic E-state index is 0.343. The molecule has 1 heterocycles. The molecule has 16 heavy (non-hydrogen) atoms. The number of nitrogens with zero attached hydrogens (tertiary/aromatic N) is 2. The number of rotatable bonds is 8. The van der Waals surface area contributed by atoms with Gasteiger partial charge in [0.05, 0.1) is 6.04 Å². The van der Waals surface area contributed by atoms with Crippen molar-refractivity contribution < 1.29 is 4.74 Å². The van der Waals surface area contributed by atoms with Crippen LogP contribution in [-0.2, 0) is 11.8 Å². The van der Waals surface area contributed by atoms with Crippen molar-refractivity contribution in [2.45, 2.75) is 32.2 Å². The first-order valence-corrected chi connectivity index (χ1v) is 5.99. The molecule has 92 valence electrons. The lowest BCUT2D eigenvalue weighted by molar-refractivity contribution is 0.188. The SMILES string of the molecule is CCCNC(CCCOC)c1nccn1C. The Morgan fingerprint density at radius 1 is 1.56 bits per heavy atom. The lowest BCUT2D eigenvalue weighted by Crippen LogP contribution is -2.25. The molecule has 0 radical (unpaired) electrons. The average Bonchev–Trinajstić information content (AvgIpc) is 2.70. The van der Waals surface area contributed by atoms with Gasteiger partial charge in [-0.15, -0.1) is 0 Å². The maximum atomic E-state index is 5.09. The number of imidazole rings is 1. The van der Waals surface area contributed by atoms with Gasteiger partial charge in [0, 0.05) is 33.2 Å². The van der Waals surface area contributed by atoms with Crippen LogP contribution in [0.3, 0.4) is 0 Å². The highest BCUT2D eigenvalue weighted by Gasteiger charge is 2.14. The second-order valence-corrected chi connectivity index (χ2v) is 4.04. The number of hydrogen-bond acceptors (Lipinski definition) is 3. The minimum Gasteiger partial charge on any atom is -0.385 e. The molecule has 1 N–H and O–H groups in total. The van der Waals surface area contributed by atoms with Crippen molar-refractivity contribution in [3.05, 3.63) is 18.2 Å². The molecule has 0 bridgehead atoms. The Bertz CT molecular complexity index is 286. The van der Waals surface area contributed by atoms with Crippen LogP contribution < -0.4 is 5.32 Å². The molecule has 0 aromatic carbocycles. The van der Waals surface area contributed by atoms with Crippen LogP contribution in [0.4, 0.5) is 0 Å². The van der Waals surface area contributed by atoms with E-state index in [1.54, 1.807) is 7.11 Å². The van der Waals surface area contributed by atoms with E-state index in [9.17, 15) is 0 Å². The van der Waals surface area contributed by atoms with E-state index in [1.807, 2.05) is 19.4 Å². The topological polar surface area (TPSA) is 39.1 Å². The van der Waals surface area contributed by atoms with Gasteiger partial charge in [-0.25, -0.2) is 4.98 Å². The highest BCUT2D eigenvalue weighted by atomic mass is 16.5. The Balaban J connectivity index is 2.53. The van der Waals surface area contributed by atoms with Gasteiger partial charge >= 0.3 is 0 Å². The zero-order chi connectivity index (χ0) is 11.8. The van der Waals surface area contributed by atoms with Gasteiger partial charge in [-0.1, -0.05) is 6.92 Å². The highest BCUT2D eigenvalue weighted by Crippen LogP contribution is 2.16. The fourth-order valence-corrected chi connectivity index (χ4v) is 1.79. The van der Waals surface area contributed by atoms with E-state index in [1.165, 1.54) is 0 Å². The second kappa shape index (κ2) is 7.41. The number of aromatic nitrogens is 2. The predicted molar refractivity (Wildman–Crippen MR) is 65.4 cm³/mol. The summed E-state index contributed by atoms with van der Waals surface area (Å²) in [6.45, 7) is 4.02. The molecule has 0 aliphatic rings. The molecule has 0 amide bonds. The second-order valence-electron chi connectivity index (χ2n) is 4.04. The summed E-state index contributed by atoms with van der Waals surface area (Å²) in [5.74, 6) is 1.12. The van der Waals surface area contributed by atoms with Crippen LogP contribution >= 0.6 is 0 Å². The molecule has 1 aromatic rings. The first-order valence-electron chi connectivity index (χ1n) is 5.99. The van der Waals surface area contributed by atoms with Crippen LogP contribution in [0.1, 0.15) is 38.1 Å². The summed E-state index contributed by atoms with van der Waals surface area (Å²) in [4.78, 5) is 4.41. The van der Waals surface area contributed by atoms with E-state index in [0.29, 0.717) is 6.04 Å². The summed E-state index contributed by atoms with van der Waals surface area (Å²) in [6.07, 6.45) is 7.12. The Kier molecular flexibility index (Phi) is 6.11. The standard InChI is InChI=1S/C12H23N3O/c1-4-7-13-11(6-5-10-16-3)12-14-8-9-15(12)2/h8-9,11,13H,4-7,10H2,1-3H3. The maximum absolute atomic E-state index is 5.09. The lowest BCUT2D eigenvalue weighted by atomic mass is 10.1. The van der Waals surface area contributed by atoms with Gasteiger partial charge in [0.1, 0.15) is 5.82 Å². The molecular weight excluding hydrogens is 202 g/mol. The van der Waals surface area contributed by atoms with Crippen LogP contribution in [0, 0.1) is 0 Å². The van der Waals surface area contributed by atoms with Crippen molar-refractivity contribution in [2.75, 3.05) is 20.3 Å². The monoisotopic (exact) mass is 225 g/mol. The van der Waals surface area contributed by atoms with Crippen LogP contribution in [0.5, 0.6) is 0 Å². The molecular formula is C12H23N3O. The summed E-state index contributed by atoms with van der Waals surface area (Å²) in [5, 5.41) is 3.53. The van der Waals surface area contributed by atoms with E-state index < -0.39 is 0 Å². The number of nitrogens with one attached hydrogen (secondary N) is 1. The van der Waals surface area contributed by atoms with Gasteiger partial charge in [-0.05, 0) is 25.8 Å². The van der Waals surface area contributed by atoms with Gasteiger partial charge in [-0.2, -0.15) is 0 Å². The Morgan fingerprint density at radius 2 is 2.38 bits per heavy atom. The zero-order valence-electron chi connectivity index (χ0n) is 10.6. The fraction of sp³-hybridized carbons (Fsp3) is 0.750. The van der Waals surface area contributed by atoms with E-state index >= 15 is 0 Å². The van der Waals surface area contributed by atoms with Crippen LogP contribution in [0.15, 0.2) is 12.4 Å². The molecule has 0 saturated heterocycles. The zero-order valence-corrected chi connectivity index (χ0v) is 10.6.